The Morgan fingerprint density at radius 3 is 2.74 bits per heavy atom. The Balaban J connectivity index is 1.58. The van der Waals surface area contributed by atoms with Gasteiger partial charge in [-0.2, -0.15) is 9.78 Å². The number of aromatic nitrogens is 5. The lowest BCUT2D eigenvalue weighted by Gasteiger charge is -2.06. The minimum atomic E-state index is -0.671. The van der Waals surface area contributed by atoms with Crippen molar-refractivity contribution in [3.63, 3.8) is 0 Å². The molecule has 0 atom stereocenters. The van der Waals surface area contributed by atoms with E-state index >= 15 is 0 Å². The minimum absolute atomic E-state index is 0.0205. The smallest absolute Gasteiger partial charge is 0.293 e. The molecule has 0 saturated heterocycles. The number of carbonyl (C=O) groups is 1. The van der Waals surface area contributed by atoms with Gasteiger partial charge in [0.1, 0.15) is 0 Å². The quantitative estimate of drug-likeness (QED) is 0.165. The highest BCUT2D eigenvalue weighted by molar-refractivity contribution is 7.98. The number of carbonyl (C=O) groups excluding carboxylic acids is 1. The van der Waals surface area contributed by atoms with Crippen LogP contribution in [0.4, 0.5) is 11.5 Å². The van der Waals surface area contributed by atoms with Crippen molar-refractivity contribution in [2.24, 2.45) is 5.10 Å². The number of aryl methyl sites for hydroxylation is 1. The zero-order valence-corrected chi connectivity index (χ0v) is 18.5. The van der Waals surface area contributed by atoms with Crippen LogP contribution in [0.1, 0.15) is 27.3 Å². The van der Waals surface area contributed by atoms with E-state index in [4.69, 9.17) is 5.73 Å². The molecule has 0 aliphatic rings. The summed E-state index contributed by atoms with van der Waals surface area (Å²) in [5, 5.41) is 30.2. The Labute approximate surface area is 196 Å². The maximum atomic E-state index is 12.8. The molecule has 2 aromatic carbocycles. The summed E-state index contributed by atoms with van der Waals surface area (Å²) in [5.41, 5.74) is 9.68. The fourth-order valence-corrected chi connectivity index (χ4v) is 3.77. The number of nitrogens with zero attached hydrogens (tertiary/aromatic N) is 7. The number of hydrogen-bond donors (Lipinski definition) is 2. The van der Waals surface area contributed by atoms with Crippen molar-refractivity contribution in [2.75, 3.05) is 5.73 Å². The Hall–Kier alpha value is -4.59. The number of nitrogen functional groups attached to an aromatic ring is 1. The summed E-state index contributed by atoms with van der Waals surface area (Å²) in [7, 11) is 0. The summed E-state index contributed by atoms with van der Waals surface area (Å²) in [4.78, 5) is 24.4. The van der Waals surface area contributed by atoms with E-state index < -0.39 is 10.8 Å². The SMILES string of the molecule is Cc1ccc(SCc2c(C(=O)N/N=C/c3ccccc3[N+](=O)[O-])nnn2-c2nonc2N)cc1. The first-order valence-electron chi connectivity index (χ1n) is 9.73. The number of nitrogens with two attached hydrogens (primary N) is 1. The summed E-state index contributed by atoms with van der Waals surface area (Å²) in [6.07, 6.45) is 1.18. The third kappa shape index (κ3) is 4.91. The number of benzene rings is 2. The molecule has 0 radical (unpaired) electrons. The Kier molecular flexibility index (Phi) is 6.59. The highest BCUT2D eigenvalue weighted by Gasteiger charge is 2.24. The standard InChI is InChI=1S/C20H17N9O4S/c1-12-6-8-14(9-7-12)34-11-16-17(23-27-28(16)19-18(21)25-33-26-19)20(30)24-22-10-13-4-2-3-5-15(13)29(31)32/h2-10H,11H2,1H3,(H2,21,25)(H,24,30)/b22-10+. The van der Waals surface area contributed by atoms with Gasteiger partial charge in [-0.25, -0.2) is 10.1 Å². The van der Waals surface area contributed by atoms with Crippen LogP contribution < -0.4 is 11.2 Å². The van der Waals surface area contributed by atoms with Gasteiger partial charge in [0.05, 0.1) is 22.4 Å². The molecule has 0 spiro atoms. The fraction of sp³-hybridized carbons (Fsp3) is 0.100. The van der Waals surface area contributed by atoms with Gasteiger partial charge in [0.2, 0.25) is 11.6 Å². The number of amides is 1. The Morgan fingerprint density at radius 1 is 1.26 bits per heavy atom. The van der Waals surface area contributed by atoms with Crippen molar-refractivity contribution in [3.8, 4) is 5.82 Å². The first kappa shape index (κ1) is 22.6. The Bertz CT molecular complexity index is 1360. The number of nitro groups is 1. The van der Waals surface area contributed by atoms with Crippen LogP contribution in [0.2, 0.25) is 0 Å². The number of thioether (sulfide) groups is 1. The summed E-state index contributed by atoms with van der Waals surface area (Å²) < 4.78 is 5.92. The number of nitrogens with one attached hydrogen (secondary N) is 1. The van der Waals surface area contributed by atoms with E-state index in [0.717, 1.165) is 10.5 Å². The van der Waals surface area contributed by atoms with Crippen LogP contribution in [-0.2, 0) is 5.75 Å². The third-order valence-corrected chi connectivity index (χ3v) is 5.60. The molecule has 0 unspecified atom stereocenters. The molecular weight excluding hydrogens is 462 g/mol. The van der Waals surface area contributed by atoms with Crippen molar-refractivity contribution in [3.05, 3.63) is 81.2 Å². The maximum absolute atomic E-state index is 12.8. The molecule has 4 aromatic rings. The Morgan fingerprint density at radius 2 is 2.03 bits per heavy atom. The van der Waals surface area contributed by atoms with Crippen LogP contribution in [0.15, 0.2) is 63.2 Å². The predicted octanol–water partition coefficient (Wildman–Crippen LogP) is 2.51. The molecule has 13 nitrogen and oxygen atoms in total. The van der Waals surface area contributed by atoms with Gasteiger partial charge >= 0.3 is 0 Å². The summed E-state index contributed by atoms with van der Waals surface area (Å²) in [6.45, 7) is 1.99. The van der Waals surface area contributed by atoms with Gasteiger partial charge < -0.3 is 5.73 Å². The monoisotopic (exact) mass is 479 g/mol. The molecular formula is C20H17N9O4S. The second-order valence-corrected chi connectivity index (χ2v) is 7.94. The van der Waals surface area contributed by atoms with Gasteiger partial charge in [-0.3, -0.25) is 14.9 Å². The van der Waals surface area contributed by atoms with Crippen LogP contribution in [0.5, 0.6) is 0 Å². The molecule has 2 heterocycles. The van der Waals surface area contributed by atoms with Crippen molar-refractivity contribution >= 4 is 35.4 Å². The number of nitro benzene ring substituents is 1. The topological polar surface area (TPSA) is 180 Å². The molecule has 0 aliphatic carbocycles. The predicted molar refractivity (Wildman–Crippen MR) is 123 cm³/mol. The highest BCUT2D eigenvalue weighted by atomic mass is 32.2. The van der Waals surface area contributed by atoms with Gasteiger partial charge in [0, 0.05) is 16.7 Å². The molecule has 0 bridgehead atoms. The van der Waals surface area contributed by atoms with Crippen LogP contribution in [0.3, 0.4) is 0 Å². The number of para-hydroxylation sites is 1. The number of hydrazone groups is 1. The van der Waals surface area contributed by atoms with Crippen molar-refractivity contribution in [1.82, 2.24) is 30.7 Å². The zero-order valence-electron chi connectivity index (χ0n) is 17.7. The lowest BCUT2D eigenvalue weighted by molar-refractivity contribution is -0.385. The van der Waals surface area contributed by atoms with E-state index in [1.807, 2.05) is 31.2 Å². The van der Waals surface area contributed by atoms with E-state index in [1.165, 1.54) is 40.9 Å². The molecule has 0 fully saturated rings. The molecule has 0 saturated carbocycles. The lowest BCUT2D eigenvalue weighted by atomic mass is 10.2. The van der Waals surface area contributed by atoms with Crippen molar-refractivity contribution in [2.45, 2.75) is 17.6 Å². The zero-order chi connectivity index (χ0) is 24.1. The molecule has 14 heteroatoms. The lowest BCUT2D eigenvalue weighted by Crippen LogP contribution is -2.20. The molecule has 1 amide bonds. The van der Waals surface area contributed by atoms with Crippen molar-refractivity contribution in [1.29, 1.82) is 0 Å². The summed E-state index contributed by atoms with van der Waals surface area (Å²) in [5.74, 6) is -0.308. The van der Waals surface area contributed by atoms with Crippen LogP contribution in [0.25, 0.3) is 5.82 Å². The van der Waals surface area contributed by atoms with Gasteiger partial charge in [-0.1, -0.05) is 35.0 Å². The summed E-state index contributed by atoms with van der Waals surface area (Å²) in [6, 6.07) is 13.9. The van der Waals surface area contributed by atoms with E-state index in [1.54, 1.807) is 6.07 Å². The average Bonchev–Trinajstić information content (AvgIpc) is 3.44. The van der Waals surface area contributed by atoms with Crippen LogP contribution in [-0.4, -0.2) is 42.4 Å². The maximum Gasteiger partial charge on any atom is 0.293 e. The average molecular weight is 479 g/mol. The molecule has 172 valence electrons. The summed E-state index contributed by atoms with van der Waals surface area (Å²) >= 11 is 1.45. The van der Waals surface area contributed by atoms with E-state index in [-0.39, 0.29) is 28.6 Å². The van der Waals surface area contributed by atoms with E-state index in [0.29, 0.717) is 11.4 Å². The molecule has 4 rings (SSSR count). The largest absolute Gasteiger partial charge is 0.378 e. The first-order chi connectivity index (χ1) is 16.4. The van der Waals surface area contributed by atoms with E-state index in [9.17, 15) is 14.9 Å². The van der Waals surface area contributed by atoms with Crippen LogP contribution >= 0.6 is 11.8 Å². The first-order valence-corrected chi connectivity index (χ1v) is 10.7. The molecule has 3 N–H and O–H groups in total. The fourth-order valence-electron chi connectivity index (χ4n) is 2.88. The molecule has 0 aliphatic heterocycles. The third-order valence-electron chi connectivity index (χ3n) is 4.57. The number of rotatable bonds is 8. The highest BCUT2D eigenvalue weighted by Crippen LogP contribution is 2.26. The molecule has 2 aromatic heterocycles. The van der Waals surface area contributed by atoms with Crippen molar-refractivity contribution < 1.29 is 14.3 Å². The molecule has 34 heavy (non-hydrogen) atoms. The van der Waals surface area contributed by atoms with Gasteiger partial charge in [0.25, 0.3) is 11.6 Å². The number of hydrogen-bond acceptors (Lipinski definition) is 11. The van der Waals surface area contributed by atoms with Gasteiger partial charge in [-0.05, 0) is 35.4 Å². The number of anilines is 1. The van der Waals surface area contributed by atoms with Crippen LogP contribution in [0, 0.1) is 17.0 Å². The van der Waals surface area contributed by atoms with Gasteiger partial charge in [0.15, 0.2) is 5.69 Å². The normalized spacial score (nSPS) is 11.1. The van der Waals surface area contributed by atoms with Gasteiger partial charge in [-0.15, -0.1) is 16.9 Å². The second-order valence-electron chi connectivity index (χ2n) is 6.89. The van der Waals surface area contributed by atoms with E-state index in [2.05, 4.69) is 35.8 Å². The second kappa shape index (κ2) is 9.91. The minimum Gasteiger partial charge on any atom is -0.378 e.